The average Bonchev–Trinajstić information content (AvgIpc) is 2.75. The van der Waals surface area contributed by atoms with Gasteiger partial charge < -0.3 is 4.74 Å². The van der Waals surface area contributed by atoms with Crippen LogP contribution in [0.25, 0.3) is 0 Å². The Hall–Kier alpha value is -1.38. The molecule has 0 aliphatic heterocycles. The molecule has 1 fully saturated rings. The lowest BCUT2D eigenvalue weighted by atomic mass is 9.91. The van der Waals surface area contributed by atoms with Gasteiger partial charge in [-0.25, -0.2) is 0 Å². The first kappa shape index (κ1) is 8.89. The SMILES string of the molecule is CC(=O)OC1CC2CC1c1cnccc12. The number of aromatic nitrogens is 1. The molecule has 0 radical (unpaired) electrons. The van der Waals surface area contributed by atoms with Crippen molar-refractivity contribution in [3.05, 3.63) is 29.6 Å². The third-order valence-corrected chi connectivity index (χ3v) is 3.55. The van der Waals surface area contributed by atoms with Crippen LogP contribution in [-0.2, 0) is 9.53 Å². The number of nitrogens with zero attached hydrogens (tertiary/aromatic N) is 1. The van der Waals surface area contributed by atoms with E-state index < -0.39 is 0 Å². The van der Waals surface area contributed by atoms with E-state index in [1.165, 1.54) is 18.1 Å². The van der Waals surface area contributed by atoms with Crippen molar-refractivity contribution in [1.82, 2.24) is 4.98 Å². The molecule has 2 bridgehead atoms. The number of esters is 1. The molecular weight excluding hydrogens is 190 g/mol. The summed E-state index contributed by atoms with van der Waals surface area (Å²) in [6.45, 7) is 1.48. The van der Waals surface area contributed by atoms with Gasteiger partial charge in [-0.3, -0.25) is 9.78 Å². The number of pyridine rings is 1. The maximum Gasteiger partial charge on any atom is 0.302 e. The van der Waals surface area contributed by atoms with Gasteiger partial charge in [0.15, 0.2) is 0 Å². The number of fused-ring (bicyclic) bond motifs is 5. The van der Waals surface area contributed by atoms with Crippen molar-refractivity contribution in [2.24, 2.45) is 0 Å². The summed E-state index contributed by atoms with van der Waals surface area (Å²) in [6.07, 6.45) is 5.97. The van der Waals surface area contributed by atoms with Gasteiger partial charge in [0.05, 0.1) is 0 Å². The summed E-state index contributed by atoms with van der Waals surface area (Å²) in [5.74, 6) is 0.804. The Labute approximate surface area is 88.5 Å². The molecule has 3 heteroatoms. The quantitative estimate of drug-likeness (QED) is 0.655. The Morgan fingerprint density at radius 1 is 1.47 bits per heavy atom. The molecular formula is C12H13NO2. The molecule has 3 unspecified atom stereocenters. The molecule has 3 atom stereocenters. The van der Waals surface area contributed by atoms with E-state index in [0.29, 0.717) is 11.8 Å². The van der Waals surface area contributed by atoms with Crippen molar-refractivity contribution in [3.8, 4) is 0 Å². The first-order valence-electron chi connectivity index (χ1n) is 5.36. The zero-order valence-electron chi connectivity index (χ0n) is 8.64. The molecule has 0 aromatic carbocycles. The van der Waals surface area contributed by atoms with Crippen molar-refractivity contribution in [1.29, 1.82) is 0 Å². The molecule has 0 amide bonds. The monoisotopic (exact) mass is 203 g/mol. The molecule has 3 rings (SSSR count). The van der Waals surface area contributed by atoms with E-state index in [0.717, 1.165) is 12.8 Å². The number of hydrogen-bond donors (Lipinski definition) is 0. The van der Waals surface area contributed by atoms with Crippen LogP contribution in [0.4, 0.5) is 0 Å². The highest BCUT2D eigenvalue weighted by Gasteiger charge is 2.45. The molecule has 0 N–H and O–H groups in total. The summed E-state index contributed by atoms with van der Waals surface area (Å²) in [5, 5.41) is 0. The van der Waals surface area contributed by atoms with Crippen molar-refractivity contribution in [2.45, 2.75) is 37.7 Å². The fraction of sp³-hybridized carbons (Fsp3) is 0.500. The number of rotatable bonds is 1. The van der Waals surface area contributed by atoms with Gasteiger partial charge in [-0.2, -0.15) is 0 Å². The molecule has 3 nitrogen and oxygen atoms in total. The Kier molecular flexibility index (Phi) is 1.81. The molecule has 15 heavy (non-hydrogen) atoms. The first-order valence-corrected chi connectivity index (χ1v) is 5.36. The molecule has 0 saturated heterocycles. The summed E-state index contributed by atoms with van der Waals surface area (Å²) in [6, 6.07) is 2.10. The van der Waals surface area contributed by atoms with E-state index in [1.54, 1.807) is 0 Å². The van der Waals surface area contributed by atoms with Gasteiger partial charge in [0.1, 0.15) is 6.10 Å². The zero-order valence-corrected chi connectivity index (χ0v) is 8.64. The van der Waals surface area contributed by atoms with Crippen LogP contribution in [0.1, 0.15) is 42.7 Å². The van der Waals surface area contributed by atoms with Gasteiger partial charge in [-0.05, 0) is 36.0 Å². The van der Waals surface area contributed by atoms with E-state index in [2.05, 4.69) is 11.1 Å². The van der Waals surface area contributed by atoms with E-state index in [9.17, 15) is 4.79 Å². The van der Waals surface area contributed by atoms with Crippen molar-refractivity contribution in [3.63, 3.8) is 0 Å². The molecule has 2 aliphatic carbocycles. The summed E-state index contributed by atoms with van der Waals surface area (Å²) in [7, 11) is 0. The van der Waals surface area contributed by atoms with Crippen LogP contribution in [0.5, 0.6) is 0 Å². The molecule has 78 valence electrons. The lowest BCUT2D eigenvalue weighted by Gasteiger charge is -2.23. The van der Waals surface area contributed by atoms with Gasteiger partial charge in [-0.1, -0.05) is 0 Å². The molecule has 1 heterocycles. The van der Waals surface area contributed by atoms with Gasteiger partial charge >= 0.3 is 5.97 Å². The van der Waals surface area contributed by atoms with Crippen LogP contribution < -0.4 is 0 Å². The van der Waals surface area contributed by atoms with Crippen LogP contribution in [0.2, 0.25) is 0 Å². The second-order valence-corrected chi connectivity index (χ2v) is 4.43. The van der Waals surface area contributed by atoms with Crippen LogP contribution in [0, 0.1) is 0 Å². The third-order valence-electron chi connectivity index (χ3n) is 3.55. The van der Waals surface area contributed by atoms with Crippen LogP contribution in [0.3, 0.4) is 0 Å². The predicted molar refractivity (Wildman–Crippen MR) is 54.5 cm³/mol. The van der Waals surface area contributed by atoms with E-state index in [1.807, 2.05) is 12.4 Å². The van der Waals surface area contributed by atoms with Crippen molar-refractivity contribution < 1.29 is 9.53 Å². The van der Waals surface area contributed by atoms with Gasteiger partial charge in [-0.15, -0.1) is 0 Å². The Morgan fingerprint density at radius 2 is 2.33 bits per heavy atom. The molecule has 1 saturated carbocycles. The summed E-state index contributed by atoms with van der Waals surface area (Å²) < 4.78 is 5.34. The van der Waals surface area contributed by atoms with E-state index in [4.69, 9.17) is 4.74 Å². The number of carbonyl (C=O) groups is 1. The number of hydrogen-bond acceptors (Lipinski definition) is 3. The largest absolute Gasteiger partial charge is 0.462 e. The van der Waals surface area contributed by atoms with E-state index >= 15 is 0 Å². The standard InChI is InChI=1S/C12H13NO2/c1-7(14)15-12-5-8-4-10(12)11-6-13-3-2-9(8)11/h2-3,6,8,10,12H,4-5H2,1H3. The lowest BCUT2D eigenvalue weighted by molar-refractivity contribution is -0.146. The summed E-state index contributed by atoms with van der Waals surface area (Å²) in [5.41, 5.74) is 2.71. The Morgan fingerprint density at radius 3 is 3.13 bits per heavy atom. The van der Waals surface area contributed by atoms with Gasteiger partial charge in [0.2, 0.25) is 0 Å². The van der Waals surface area contributed by atoms with Crippen LogP contribution >= 0.6 is 0 Å². The summed E-state index contributed by atoms with van der Waals surface area (Å²) >= 11 is 0. The van der Waals surface area contributed by atoms with E-state index in [-0.39, 0.29) is 12.1 Å². The normalized spacial score (nSPS) is 31.4. The van der Waals surface area contributed by atoms with Crippen molar-refractivity contribution >= 4 is 5.97 Å². The molecule has 1 aromatic heterocycles. The second kappa shape index (κ2) is 3.05. The minimum atomic E-state index is -0.169. The summed E-state index contributed by atoms with van der Waals surface area (Å²) in [4.78, 5) is 15.1. The first-order chi connectivity index (χ1) is 7.25. The lowest BCUT2D eigenvalue weighted by Crippen LogP contribution is -2.22. The van der Waals surface area contributed by atoms with Gasteiger partial charge in [0.25, 0.3) is 0 Å². The Bertz CT molecular complexity index is 416. The van der Waals surface area contributed by atoms with Gasteiger partial charge in [0, 0.05) is 25.2 Å². The van der Waals surface area contributed by atoms with Crippen LogP contribution in [0.15, 0.2) is 18.5 Å². The fourth-order valence-electron chi connectivity index (χ4n) is 3.02. The van der Waals surface area contributed by atoms with Crippen LogP contribution in [-0.4, -0.2) is 17.1 Å². The molecule has 2 aliphatic rings. The maximum absolute atomic E-state index is 11.0. The minimum absolute atomic E-state index is 0.0872. The maximum atomic E-state index is 11.0. The topological polar surface area (TPSA) is 39.2 Å². The third kappa shape index (κ3) is 1.26. The fourth-order valence-corrected chi connectivity index (χ4v) is 3.02. The number of ether oxygens (including phenoxy) is 1. The second-order valence-electron chi connectivity index (χ2n) is 4.43. The predicted octanol–water partition coefficient (Wildman–Crippen LogP) is 1.99. The highest BCUT2D eigenvalue weighted by molar-refractivity contribution is 5.66. The van der Waals surface area contributed by atoms with Crippen molar-refractivity contribution in [2.75, 3.05) is 0 Å². The zero-order chi connectivity index (χ0) is 10.4. The highest BCUT2D eigenvalue weighted by Crippen LogP contribution is 2.53. The minimum Gasteiger partial charge on any atom is -0.462 e. The molecule has 1 aromatic rings. The Balaban J connectivity index is 1.92. The smallest absolute Gasteiger partial charge is 0.302 e. The highest BCUT2D eigenvalue weighted by atomic mass is 16.5. The number of carbonyl (C=O) groups excluding carboxylic acids is 1. The average molecular weight is 203 g/mol. The molecule has 0 spiro atoms.